The van der Waals surface area contributed by atoms with E-state index in [1.807, 2.05) is 0 Å². The summed E-state index contributed by atoms with van der Waals surface area (Å²) in [5.74, 6) is 0. The van der Waals surface area contributed by atoms with E-state index in [-0.39, 0.29) is 5.69 Å². The van der Waals surface area contributed by atoms with Crippen molar-refractivity contribution in [3.63, 3.8) is 0 Å². The second-order valence-electron chi connectivity index (χ2n) is 3.36. The van der Waals surface area contributed by atoms with Crippen LogP contribution in [0.2, 0.25) is 0 Å². The number of aryl methyl sites for hydroxylation is 1. The molecule has 0 bridgehead atoms. The molecule has 0 heterocycles. The zero-order chi connectivity index (χ0) is 10.9. The molecule has 4 heteroatoms. The van der Waals surface area contributed by atoms with Gasteiger partial charge in [-0.25, -0.2) is 0 Å². The van der Waals surface area contributed by atoms with Crippen LogP contribution in [0.15, 0.2) is 18.2 Å². The molecule has 0 aromatic heterocycles. The van der Waals surface area contributed by atoms with Crippen LogP contribution in [0.5, 0.6) is 0 Å². The van der Waals surface area contributed by atoms with Crippen LogP contribution in [-0.4, -0.2) is 14.1 Å². The van der Waals surface area contributed by atoms with Crippen molar-refractivity contribution in [2.24, 2.45) is 0 Å². The van der Waals surface area contributed by atoms with Gasteiger partial charge in [-0.2, -0.15) is 13.2 Å². The maximum Gasteiger partial charge on any atom is 0.418 e. The summed E-state index contributed by atoms with van der Waals surface area (Å²) < 4.78 is 37.7. The van der Waals surface area contributed by atoms with Crippen molar-refractivity contribution in [2.45, 2.75) is 13.1 Å². The first-order valence-corrected chi connectivity index (χ1v) is 4.18. The molecule has 1 rings (SSSR count). The number of hydrogen-bond acceptors (Lipinski definition) is 1. The maximum atomic E-state index is 12.6. The van der Waals surface area contributed by atoms with E-state index in [0.29, 0.717) is 5.56 Å². The number of rotatable bonds is 1. The molecular weight excluding hydrogens is 191 g/mol. The monoisotopic (exact) mass is 203 g/mol. The summed E-state index contributed by atoms with van der Waals surface area (Å²) >= 11 is 0. The third-order valence-corrected chi connectivity index (χ3v) is 1.99. The SMILES string of the molecule is Cc1cccc(C(F)(F)F)c1N(C)C. The molecule has 0 saturated heterocycles. The quantitative estimate of drug-likeness (QED) is 0.678. The lowest BCUT2D eigenvalue weighted by atomic mass is 10.1. The number of benzene rings is 1. The molecule has 78 valence electrons. The zero-order valence-corrected chi connectivity index (χ0v) is 8.31. The van der Waals surface area contributed by atoms with E-state index in [4.69, 9.17) is 0 Å². The van der Waals surface area contributed by atoms with E-state index < -0.39 is 11.7 Å². The molecule has 0 saturated carbocycles. The molecule has 0 aliphatic rings. The topological polar surface area (TPSA) is 3.24 Å². The number of para-hydroxylation sites is 1. The fourth-order valence-electron chi connectivity index (χ4n) is 1.48. The minimum atomic E-state index is -4.29. The molecule has 0 fully saturated rings. The average Bonchev–Trinajstić information content (AvgIpc) is 2.01. The molecule has 1 aromatic carbocycles. The van der Waals surface area contributed by atoms with Crippen LogP contribution >= 0.6 is 0 Å². The van der Waals surface area contributed by atoms with E-state index in [1.54, 1.807) is 27.1 Å². The van der Waals surface area contributed by atoms with Gasteiger partial charge in [-0.1, -0.05) is 12.1 Å². The average molecular weight is 203 g/mol. The van der Waals surface area contributed by atoms with Gasteiger partial charge < -0.3 is 4.90 Å². The van der Waals surface area contributed by atoms with Gasteiger partial charge in [0, 0.05) is 14.1 Å². The largest absolute Gasteiger partial charge is 0.418 e. The first kappa shape index (κ1) is 10.9. The third kappa shape index (κ3) is 2.00. The Balaban J connectivity index is 3.36. The smallest absolute Gasteiger partial charge is 0.377 e. The summed E-state index contributed by atoms with van der Waals surface area (Å²) in [6.45, 7) is 1.67. The Labute approximate surface area is 81.1 Å². The highest BCUT2D eigenvalue weighted by atomic mass is 19.4. The summed E-state index contributed by atoms with van der Waals surface area (Å²) in [4.78, 5) is 1.48. The summed E-state index contributed by atoms with van der Waals surface area (Å²) in [5, 5.41) is 0. The lowest BCUT2D eigenvalue weighted by Crippen LogP contribution is -2.17. The van der Waals surface area contributed by atoms with Crippen LogP contribution in [0.1, 0.15) is 11.1 Å². The second-order valence-corrected chi connectivity index (χ2v) is 3.36. The van der Waals surface area contributed by atoms with Crippen LogP contribution in [0.4, 0.5) is 18.9 Å². The predicted molar refractivity (Wildman–Crippen MR) is 50.5 cm³/mol. The molecule has 1 aromatic rings. The molecule has 0 atom stereocenters. The van der Waals surface area contributed by atoms with Gasteiger partial charge in [0.05, 0.1) is 11.3 Å². The second kappa shape index (κ2) is 3.52. The molecular formula is C10H12F3N. The van der Waals surface area contributed by atoms with Crippen molar-refractivity contribution in [3.8, 4) is 0 Å². The van der Waals surface area contributed by atoms with Gasteiger partial charge in [0.15, 0.2) is 0 Å². The fourth-order valence-corrected chi connectivity index (χ4v) is 1.48. The highest BCUT2D eigenvalue weighted by molar-refractivity contribution is 5.59. The van der Waals surface area contributed by atoms with Crippen LogP contribution in [-0.2, 0) is 6.18 Å². The summed E-state index contributed by atoms with van der Waals surface area (Å²) in [6, 6.07) is 4.19. The Morgan fingerprint density at radius 3 is 2.07 bits per heavy atom. The van der Waals surface area contributed by atoms with Gasteiger partial charge in [-0.15, -0.1) is 0 Å². The lowest BCUT2D eigenvalue weighted by molar-refractivity contribution is -0.137. The van der Waals surface area contributed by atoms with Crippen molar-refractivity contribution < 1.29 is 13.2 Å². The van der Waals surface area contributed by atoms with Gasteiger partial charge >= 0.3 is 6.18 Å². The minimum Gasteiger partial charge on any atom is -0.377 e. The van der Waals surface area contributed by atoms with Crippen LogP contribution in [0, 0.1) is 6.92 Å². The molecule has 1 nitrogen and oxygen atoms in total. The van der Waals surface area contributed by atoms with Gasteiger partial charge in [0.1, 0.15) is 0 Å². The van der Waals surface area contributed by atoms with Crippen molar-refractivity contribution in [3.05, 3.63) is 29.3 Å². The predicted octanol–water partition coefficient (Wildman–Crippen LogP) is 3.08. The Morgan fingerprint density at radius 1 is 1.14 bits per heavy atom. The highest BCUT2D eigenvalue weighted by Crippen LogP contribution is 2.37. The molecule has 0 aliphatic heterocycles. The molecule has 0 radical (unpaired) electrons. The standard InChI is InChI=1S/C10H12F3N/c1-7-5-4-6-8(10(11,12)13)9(7)14(2)3/h4-6H,1-3H3. The minimum absolute atomic E-state index is 0.236. The highest BCUT2D eigenvalue weighted by Gasteiger charge is 2.34. The summed E-state index contributed by atoms with van der Waals surface area (Å²) in [5.41, 5.74) is 0.285. The molecule has 0 N–H and O–H groups in total. The normalized spacial score (nSPS) is 11.6. The summed E-state index contributed by atoms with van der Waals surface area (Å²) in [6.07, 6.45) is -4.29. The maximum absolute atomic E-state index is 12.6. The van der Waals surface area contributed by atoms with E-state index >= 15 is 0 Å². The number of hydrogen-bond donors (Lipinski definition) is 0. The first-order chi connectivity index (χ1) is 6.34. The molecule has 14 heavy (non-hydrogen) atoms. The van der Waals surface area contributed by atoms with Gasteiger partial charge in [0.25, 0.3) is 0 Å². The van der Waals surface area contributed by atoms with Crippen molar-refractivity contribution in [2.75, 3.05) is 19.0 Å². The van der Waals surface area contributed by atoms with Crippen LogP contribution < -0.4 is 4.90 Å². The fraction of sp³-hybridized carbons (Fsp3) is 0.400. The molecule has 0 amide bonds. The lowest BCUT2D eigenvalue weighted by Gasteiger charge is -2.21. The van der Waals surface area contributed by atoms with Crippen LogP contribution in [0.25, 0.3) is 0 Å². The molecule has 0 aliphatic carbocycles. The van der Waals surface area contributed by atoms with Gasteiger partial charge in [0.2, 0.25) is 0 Å². The third-order valence-electron chi connectivity index (χ3n) is 1.99. The number of alkyl halides is 3. The van der Waals surface area contributed by atoms with Crippen molar-refractivity contribution in [1.82, 2.24) is 0 Å². The Bertz CT molecular complexity index is 329. The first-order valence-electron chi connectivity index (χ1n) is 4.18. The molecule has 0 spiro atoms. The van der Waals surface area contributed by atoms with Crippen molar-refractivity contribution in [1.29, 1.82) is 0 Å². The number of nitrogens with zero attached hydrogens (tertiary/aromatic N) is 1. The van der Waals surface area contributed by atoms with E-state index in [0.717, 1.165) is 6.07 Å². The summed E-state index contributed by atoms with van der Waals surface area (Å²) in [7, 11) is 3.22. The van der Waals surface area contributed by atoms with Gasteiger partial charge in [-0.3, -0.25) is 0 Å². The van der Waals surface area contributed by atoms with Crippen LogP contribution in [0.3, 0.4) is 0 Å². The van der Waals surface area contributed by atoms with Gasteiger partial charge in [-0.05, 0) is 18.6 Å². The van der Waals surface area contributed by atoms with E-state index in [9.17, 15) is 13.2 Å². The van der Waals surface area contributed by atoms with Crippen molar-refractivity contribution >= 4 is 5.69 Å². The Morgan fingerprint density at radius 2 is 1.71 bits per heavy atom. The van der Waals surface area contributed by atoms with E-state index in [2.05, 4.69) is 0 Å². The molecule has 0 unspecified atom stereocenters. The number of halogens is 3. The Kier molecular flexibility index (Phi) is 2.73. The zero-order valence-electron chi connectivity index (χ0n) is 8.31. The Hall–Kier alpha value is -1.19. The van der Waals surface area contributed by atoms with E-state index in [1.165, 1.54) is 11.0 Å². The number of anilines is 1.